The number of halogens is 3. The van der Waals surface area contributed by atoms with Crippen LogP contribution in [0, 0.1) is 0 Å². The van der Waals surface area contributed by atoms with E-state index in [2.05, 4.69) is 9.97 Å². The highest BCUT2D eigenvalue weighted by Crippen LogP contribution is 2.27. The first-order valence-electron chi connectivity index (χ1n) is 5.14. The highest BCUT2D eigenvalue weighted by molar-refractivity contribution is 5.80. The monoisotopic (exact) mass is 245 g/mol. The van der Waals surface area contributed by atoms with Gasteiger partial charge < -0.3 is 4.90 Å². The first-order valence-corrected chi connectivity index (χ1v) is 5.14. The van der Waals surface area contributed by atoms with E-state index in [4.69, 9.17) is 0 Å². The minimum absolute atomic E-state index is 0.131. The summed E-state index contributed by atoms with van der Waals surface area (Å²) < 4.78 is 37.2. The van der Waals surface area contributed by atoms with Crippen LogP contribution in [-0.2, 0) is 11.0 Å². The fourth-order valence-electron chi connectivity index (χ4n) is 1.65. The lowest BCUT2D eigenvalue weighted by Gasteiger charge is -2.27. The second kappa shape index (κ2) is 4.31. The van der Waals surface area contributed by atoms with Gasteiger partial charge in [-0.05, 0) is 6.07 Å². The number of nitrogens with zero attached hydrogens (tertiary/aromatic N) is 3. The molecule has 4 nitrogen and oxygen atoms in total. The van der Waals surface area contributed by atoms with Gasteiger partial charge in [0.15, 0.2) is 0 Å². The molecular formula is C10H10F3N3O. The van der Waals surface area contributed by atoms with Gasteiger partial charge in [0.2, 0.25) is 5.82 Å². The first kappa shape index (κ1) is 11.8. The maximum atomic E-state index is 12.4. The SMILES string of the molecule is O=C1CCN(c2ccnc(C(F)(F)F)n2)CC1. The van der Waals surface area contributed by atoms with Crippen LogP contribution >= 0.6 is 0 Å². The quantitative estimate of drug-likeness (QED) is 0.755. The third kappa shape index (κ3) is 2.72. The maximum absolute atomic E-state index is 12.4. The smallest absolute Gasteiger partial charge is 0.356 e. The molecule has 1 saturated heterocycles. The molecule has 0 aromatic carbocycles. The summed E-state index contributed by atoms with van der Waals surface area (Å²) in [6.07, 6.45) is -2.75. The Morgan fingerprint density at radius 3 is 2.47 bits per heavy atom. The number of alkyl halides is 3. The van der Waals surface area contributed by atoms with Crippen LogP contribution in [-0.4, -0.2) is 28.8 Å². The average Bonchev–Trinajstić information content (AvgIpc) is 2.29. The van der Waals surface area contributed by atoms with Crippen molar-refractivity contribution in [2.75, 3.05) is 18.0 Å². The zero-order chi connectivity index (χ0) is 12.5. The van der Waals surface area contributed by atoms with Gasteiger partial charge in [-0.15, -0.1) is 0 Å². The summed E-state index contributed by atoms with van der Waals surface area (Å²) in [5.74, 6) is -0.793. The highest BCUT2D eigenvalue weighted by atomic mass is 19.4. The van der Waals surface area contributed by atoms with Crippen LogP contribution in [0.4, 0.5) is 19.0 Å². The van der Waals surface area contributed by atoms with Gasteiger partial charge in [-0.1, -0.05) is 0 Å². The van der Waals surface area contributed by atoms with Crippen LogP contribution in [0.1, 0.15) is 18.7 Å². The predicted octanol–water partition coefficient (Wildman–Crippen LogP) is 1.66. The van der Waals surface area contributed by atoms with Crippen LogP contribution in [0.25, 0.3) is 0 Å². The minimum atomic E-state index is -4.54. The molecule has 2 rings (SSSR count). The number of anilines is 1. The summed E-state index contributed by atoms with van der Waals surface area (Å²) in [4.78, 5) is 19.4. The van der Waals surface area contributed by atoms with Gasteiger partial charge in [0.1, 0.15) is 11.6 Å². The molecule has 1 aliphatic heterocycles. The fraction of sp³-hybridized carbons (Fsp3) is 0.500. The Labute approximate surface area is 95.5 Å². The number of carbonyl (C=O) groups is 1. The number of rotatable bonds is 1. The largest absolute Gasteiger partial charge is 0.451 e. The van der Waals surface area contributed by atoms with Crippen molar-refractivity contribution in [3.8, 4) is 0 Å². The number of carbonyl (C=O) groups excluding carboxylic acids is 1. The third-order valence-corrected chi connectivity index (χ3v) is 2.54. The molecule has 1 aromatic heterocycles. The molecule has 0 bridgehead atoms. The number of piperidine rings is 1. The van der Waals surface area contributed by atoms with Crippen LogP contribution in [0.2, 0.25) is 0 Å². The molecule has 0 radical (unpaired) electrons. The Bertz CT molecular complexity index is 423. The molecular weight excluding hydrogens is 235 g/mol. The molecule has 0 aliphatic carbocycles. The molecule has 1 fully saturated rings. The van der Waals surface area contributed by atoms with Crippen molar-refractivity contribution < 1.29 is 18.0 Å². The van der Waals surface area contributed by atoms with Crippen molar-refractivity contribution in [1.82, 2.24) is 9.97 Å². The van der Waals surface area contributed by atoms with Gasteiger partial charge >= 0.3 is 6.18 Å². The predicted molar refractivity (Wildman–Crippen MR) is 53.5 cm³/mol. The molecule has 0 amide bonds. The van der Waals surface area contributed by atoms with Crippen LogP contribution in [0.15, 0.2) is 12.3 Å². The molecule has 92 valence electrons. The summed E-state index contributed by atoms with van der Waals surface area (Å²) in [7, 11) is 0. The lowest BCUT2D eigenvalue weighted by atomic mass is 10.1. The zero-order valence-electron chi connectivity index (χ0n) is 8.87. The molecule has 7 heteroatoms. The number of aromatic nitrogens is 2. The van der Waals surface area contributed by atoms with Crippen LogP contribution < -0.4 is 4.90 Å². The Morgan fingerprint density at radius 2 is 1.88 bits per heavy atom. The van der Waals surface area contributed by atoms with E-state index in [-0.39, 0.29) is 11.6 Å². The molecule has 0 unspecified atom stereocenters. The van der Waals surface area contributed by atoms with E-state index in [1.54, 1.807) is 4.90 Å². The summed E-state index contributed by atoms with van der Waals surface area (Å²) in [6.45, 7) is 0.820. The van der Waals surface area contributed by atoms with Gasteiger partial charge in [0.25, 0.3) is 0 Å². The van der Waals surface area contributed by atoms with Crippen LogP contribution in [0.5, 0.6) is 0 Å². The highest BCUT2D eigenvalue weighted by Gasteiger charge is 2.35. The van der Waals surface area contributed by atoms with E-state index in [0.29, 0.717) is 25.9 Å². The Morgan fingerprint density at radius 1 is 1.24 bits per heavy atom. The van der Waals surface area contributed by atoms with Gasteiger partial charge in [-0.2, -0.15) is 13.2 Å². The van der Waals surface area contributed by atoms with Gasteiger partial charge in [0, 0.05) is 32.1 Å². The number of Topliss-reactive ketones (excluding diaryl/α,β-unsaturated/α-hetero) is 1. The second-order valence-electron chi connectivity index (χ2n) is 3.76. The molecule has 0 N–H and O–H groups in total. The zero-order valence-corrected chi connectivity index (χ0v) is 8.87. The number of hydrogen-bond acceptors (Lipinski definition) is 4. The maximum Gasteiger partial charge on any atom is 0.451 e. The van der Waals surface area contributed by atoms with E-state index < -0.39 is 12.0 Å². The summed E-state index contributed by atoms with van der Waals surface area (Å²) in [6, 6.07) is 1.42. The summed E-state index contributed by atoms with van der Waals surface area (Å²) >= 11 is 0. The lowest BCUT2D eigenvalue weighted by molar-refractivity contribution is -0.144. The molecule has 1 aromatic rings. The summed E-state index contributed by atoms with van der Waals surface area (Å²) in [5, 5.41) is 0. The molecule has 0 saturated carbocycles. The van der Waals surface area contributed by atoms with Gasteiger partial charge in [-0.25, -0.2) is 9.97 Å². The van der Waals surface area contributed by atoms with Crippen molar-refractivity contribution in [2.24, 2.45) is 0 Å². The van der Waals surface area contributed by atoms with Crippen molar-refractivity contribution in [3.05, 3.63) is 18.1 Å². The second-order valence-corrected chi connectivity index (χ2v) is 3.76. The molecule has 0 atom stereocenters. The molecule has 2 heterocycles. The normalized spacial score (nSPS) is 17.4. The minimum Gasteiger partial charge on any atom is -0.356 e. The number of ketones is 1. The Balaban J connectivity index is 2.19. The van der Waals surface area contributed by atoms with Gasteiger partial charge in [0.05, 0.1) is 0 Å². The summed E-state index contributed by atoms with van der Waals surface area (Å²) in [5.41, 5.74) is 0. The van der Waals surface area contributed by atoms with Gasteiger partial charge in [-0.3, -0.25) is 4.79 Å². The van der Waals surface area contributed by atoms with E-state index in [1.165, 1.54) is 6.07 Å². The van der Waals surface area contributed by atoms with Crippen molar-refractivity contribution in [3.63, 3.8) is 0 Å². The molecule has 0 spiro atoms. The van der Waals surface area contributed by atoms with E-state index >= 15 is 0 Å². The van der Waals surface area contributed by atoms with Crippen molar-refractivity contribution in [2.45, 2.75) is 19.0 Å². The van der Waals surface area contributed by atoms with Crippen molar-refractivity contribution >= 4 is 11.6 Å². The number of hydrogen-bond donors (Lipinski definition) is 0. The standard InChI is InChI=1S/C10H10F3N3O/c11-10(12,13)9-14-4-1-8(15-9)16-5-2-7(17)3-6-16/h1,4H,2-3,5-6H2. The Kier molecular flexibility index (Phi) is 2.99. The van der Waals surface area contributed by atoms with Crippen molar-refractivity contribution in [1.29, 1.82) is 0 Å². The lowest BCUT2D eigenvalue weighted by Crippen LogP contribution is -2.34. The van der Waals surface area contributed by atoms with E-state index in [0.717, 1.165) is 6.20 Å². The third-order valence-electron chi connectivity index (χ3n) is 2.54. The fourth-order valence-corrected chi connectivity index (χ4v) is 1.65. The molecule has 17 heavy (non-hydrogen) atoms. The topological polar surface area (TPSA) is 46.1 Å². The van der Waals surface area contributed by atoms with Crippen LogP contribution in [0.3, 0.4) is 0 Å². The molecule has 1 aliphatic rings. The van der Waals surface area contributed by atoms with E-state index in [1.807, 2.05) is 0 Å². The average molecular weight is 245 g/mol. The Hall–Kier alpha value is -1.66. The van der Waals surface area contributed by atoms with E-state index in [9.17, 15) is 18.0 Å². The first-order chi connectivity index (χ1) is 7.97.